The maximum atomic E-state index is 12.7. The smallest absolute Gasteiger partial charge is 0.123 e. The van der Waals surface area contributed by atoms with E-state index in [1.165, 1.54) is 17.0 Å². The van der Waals surface area contributed by atoms with Gasteiger partial charge in [-0.2, -0.15) is 0 Å². The Morgan fingerprint density at radius 1 is 1.17 bits per heavy atom. The molecule has 0 fully saturated rings. The van der Waals surface area contributed by atoms with Gasteiger partial charge in [0.1, 0.15) is 5.82 Å². The van der Waals surface area contributed by atoms with Crippen molar-refractivity contribution >= 4 is 43.2 Å². The molecule has 2 aromatic rings. The van der Waals surface area contributed by atoms with E-state index in [2.05, 4.69) is 43.2 Å². The van der Waals surface area contributed by atoms with Gasteiger partial charge >= 0.3 is 0 Å². The van der Waals surface area contributed by atoms with Gasteiger partial charge in [-0.15, -0.1) is 11.3 Å². The molecule has 0 atom stereocenters. The Bertz CT molecular complexity index is 491. The van der Waals surface area contributed by atoms with Gasteiger partial charge in [-0.25, -0.2) is 4.39 Å². The Labute approximate surface area is 127 Å². The van der Waals surface area contributed by atoms with Crippen molar-refractivity contribution in [3.63, 3.8) is 0 Å². The van der Waals surface area contributed by atoms with Crippen molar-refractivity contribution in [2.24, 2.45) is 0 Å². The molecule has 1 aromatic carbocycles. The Morgan fingerprint density at radius 2 is 1.89 bits per heavy atom. The number of thiophene rings is 1. The third kappa shape index (κ3) is 4.16. The summed E-state index contributed by atoms with van der Waals surface area (Å²) < 4.78 is 14.9. The fourth-order valence-electron chi connectivity index (χ4n) is 1.57. The van der Waals surface area contributed by atoms with Crippen molar-refractivity contribution in [1.29, 1.82) is 0 Å². The third-order valence-corrected chi connectivity index (χ3v) is 5.76. The third-order valence-electron chi connectivity index (χ3n) is 2.50. The molecule has 0 unspecified atom stereocenters. The average Bonchev–Trinajstić information content (AvgIpc) is 2.67. The summed E-state index contributed by atoms with van der Waals surface area (Å²) >= 11 is 8.67. The summed E-state index contributed by atoms with van der Waals surface area (Å²) in [5, 5.41) is 3.38. The van der Waals surface area contributed by atoms with Gasteiger partial charge in [0.2, 0.25) is 0 Å². The minimum Gasteiger partial charge on any atom is -0.312 e. The van der Waals surface area contributed by atoms with Gasteiger partial charge in [0, 0.05) is 15.9 Å². The fourth-order valence-corrected chi connectivity index (χ4v) is 3.72. The monoisotopic (exact) mass is 391 g/mol. The maximum absolute atomic E-state index is 12.7. The van der Waals surface area contributed by atoms with Crippen LogP contribution in [0, 0.1) is 5.82 Å². The molecule has 1 aromatic heterocycles. The van der Waals surface area contributed by atoms with Gasteiger partial charge in [-0.1, -0.05) is 12.1 Å². The summed E-state index contributed by atoms with van der Waals surface area (Å²) in [6, 6.07) is 8.77. The largest absolute Gasteiger partial charge is 0.312 e. The Hall–Kier alpha value is -0.230. The lowest BCUT2D eigenvalue weighted by Crippen LogP contribution is -2.15. The van der Waals surface area contributed by atoms with Crippen LogP contribution in [-0.4, -0.2) is 6.54 Å². The lowest BCUT2D eigenvalue weighted by molar-refractivity contribution is 0.626. The topological polar surface area (TPSA) is 12.0 Å². The van der Waals surface area contributed by atoms with Crippen LogP contribution in [0.25, 0.3) is 0 Å². The summed E-state index contributed by atoms with van der Waals surface area (Å²) in [7, 11) is 0. The van der Waals surface area contributed by atoms with Crippen molar-refractivity contribution in [3.8, 4) is 0 Å². The fraction of sp³-hybridized carbons (Fsp3) is 0.231. The second-order valence-corrected chi connectivity index (χ2v) is 7.20. The van der Waals surface area contributed by atoms with E-state index < -0.39 is 0 Å². The molecule has 1 nitrogen and oxygen atoms in total. The molecule has 1 N–H and O–H groups in total. The summed E-state index contributed by atoms with van der Waals surface area (Å²) in [4.78, 5) is 1.29. The summed E-state index contributed by atoms with van der Waals surface area (Å²) in [6.07, 6.45) is 0.911. The van der Waals surface area contributed by atoms with Crippen LogP contribution in [-0.2, 0) is 13.0 Å². The van der Waals surface area contributed by atoms with E-state index in [0.29, 0.717) is 0 Å². The van der Waals surface area contributed by atoms with E-state index in [1.807, 2.05) is 12.1 Å². The highest BCUT2D eigenvalue weighted by Gasteiger charge is 2.03. The Balaban J connectivity index is 1.74. The number of nitrogens with one attached hydrogen (secondary N) is 1. The maximum Gasteiger partial charge on any atom is 0.123 e. The highest BCUT2D eigenvalue weighted by molar-refractivity contribution is 9.13. The molecule has 0 aliphatic carbocycles. The van der Waals surface area contributed by atoms with Crippen LogP contribution >= 0.6 is 43.2 Å². The standard InChI is InChI=1S/C13H12Br2FNS/c14-12-7-11(18-13(12)15)8-17-6-5-9-1-3-10(16)4-2-9/h1-4,7,17H,5-6,8H2. The zero-order valence-corrected chi connectivity index (χ0v) is 13.5. The van der Waals surface area contributed by atoms with Crippen molar-refractivity contribution < 1.29 is 4.39 Å². The summed E-state index contributed by atoms with van der Waals surface area (Å²) in [6.45, 7) is 1.74. The number of hydrogen-bond donors (Lipinski definition) is 1. The predicted octanol–water partition coefficient (Wildman–Crippen LogP) is 4.74. The SMILES string of the molecule is Fc1ccc(CCNCc2cc(Br)c(Br)s2)cc1. The lowest BCUT2D eigenvalue weighted by Gasteiger charge is -2.03. The van der Waals surface area contributed by atoms with Crippen molar-refractivity contribution in [2.75, 3.05) is 6.54 Å². The van der Waals surface area contributed by atoms with E-state index in [1.54, 1.807) is 11.3 Å². The lowest BCUT2D eigenvalue weighted by atomic mass is 10.1. The first kappa shape index (κ1) is 14.2. The first-order chi connectivity index (χ1) is 8.65. The first-order valence-corrected chi connectivity index (χ1v) is 7.94. The first-order valence-electron chi connectivity index (χ1n) is 5.54. The molecule has 0 spiro atoms. The summed E-state index contributed by atoms with van der Waals surface area (Å²) in [5.41, 5.74) is 1.15. The minimum absolute atomic E-state index is 0.181. The number of benzene rings is 1. The molecule has 0 amide bonds. The van der Waals surface area contributed by atoms with Gasteiger partial charge in [-0.3, -0.25) is 0 Å². The number of hydrogen-bond acceptors (Lipinski definition) is 2. The molecule has 0 bridgehead atoms. The molecular formula is C13H12Br2FNS. The number of rotatable bonds is 5. The van der Waals surface area contributed by atoms with Gasteiger partial charge in [0.05, 0.1) is 3.79 Å². The van der Waals surface area contributed by atoms with Crippen LogP contribution in [0.5, 0.6) is 0 Å². The average molecular weight is 393 g/mol. The minimum atomic E-state index is -0.181. The Kier molecular flexibility index (Phi) is 5.36. The zero-order valence-electron chi connectivity index (χ0n) is 9.55. The van der Waals surface area contributed by atoms with Crippen molar-refractivity contribution in [3.05, 3.63) is 54.8 Å². The molecule has 0 radical (unpaired) electrons. The molecule has 0 saturated heterocycles. The van der Waals surface area contributed by atoms with Crippen molar-refractivity contribution in [2.45, 2.75) is 13.0 Å². The zero-order chi connectivity index (χ0) is 13.0. The van der Waals surface area contributed by atoms with Crippen molar-refractivity contribution in [1.82, 2.24) is 5.32 Å². The van der Waals surface area contributed by atoms with Gasteiger partial charge in [0.25, 0.3) is 0 Å². The van der Waals surface area contributed by atoms with Crippen LogP contribution < -0.4 is 5.32 Å². The highest BCUT2D eigenvalue weighted by Crippen LogP contribution is 2.32. The van der Waals surface area contributed by atoms with Gasteiger partial charge < -0.3 is 5.32 Å². The molecule has 96 valence electrons. The van der Waals surface area contributed by atoms with Crippen LogP contribution in [0.15, 0.2) is 38.6 Å². The molecule has 5 heteroatoms. The van der Waals surface area contributed by atoms with Crippen LogP contribution in [0.1, 0.15) is 10.4 Å². The van der Waals surface area contributed by atoms with Crippen LogP contribution in [0.2, 0.25) is 0 Å². The molecule has 0 aliphatic rings. The quantitative estimate of drug-likeness (QED) is 0.724. The van der Waals surface area contributed by atoms with Gasteiger partial charge in [-0.05, 0) is 68.6 Å². The molecule has 2 rings (SSSR count). The molecule has 0 saturated carbocycles. The van der Waals surface area contributed by atoms with Gasteiger partial charge in [0.15, 0.2) is 0 Å². The molecule has 0 aliphatic heterocycles. The molecular weight excluding hydrogens is 381 g/mol. The highest BCUT2D eigenvalue weighted by atomic mass is 79.9. The van der Waals surface area contributed by atoms with E-state index in [0.717, 1.165) is 33.3 Å². The molecule has 18 heavy (non-hydrogen) atoms. The van der Waals surface area contributed by atoms with E-state index >= 15 is 0 Å². The van der Waals surface area contributed by atoms with E-state index in [4.69, 9.17) is 0 Å². The van der Waals surface area contributed by atoms with Crippen LogP contribution in [0.4, 0.5) is 4.39 Å². The normalized spacial score (nSPS) is 10.8. The second kappa shape index (κ2) is 6.80. The van der Waals surface area contributed by atoms with E-state index in [-0.39, 0.29) is 5.82 Å². The number of halogens is 3. The molecule has 1 heterocycles. The second-order valence-electron chi connectivity index (χ2n) is 3.89. The predicted molar refractivity (Wildman–Crippen MR) is 81.5 cm³/mol. The van der Waals surface area contributed by atoms with Crippen LogP contribution in [0.3, 0.4) is 0 Å². The van der Waals surface area contributed by atoms with E-state index in [9.17, 15) is 4.39 Å². The summed E-state index contributed by atoms with van der Waals surface area (Å²) in [5.74, 6) is -0.181. The Morgan fingerprint density at radius 3 is 2.50 bits per heavy atom.